The molecule has 0 spiro atoms. The molecule has 0 saturated carbocycles. The van der Waals surface area contributed by atoms with Gasteiger partial charge >= 0.3 is 0 Å². The zero-order chi connectivity index (χ0) is 16.8. The fourth-order valence-corrected chi connectivity index (χ4v) is 3.20. The molecule has 1 aromatic carbocycles. The van der Waals surface area contributed by atoms with Crippen molar-refractivity contribution in [2.24, 2.45) is 0 Å². The SMILES string of the molecule is COc1ccccc1[C@@H]1CNCCN1C(=O)CCCn1ccnc1. The summed E-state index contributed by atoms with van der Waals surface area (Å²) in [6, 6.07) is 7.97. The third kappa shape index (κ3) is 3.76. The van der Waals surface area contributed by atoms with Crippen LogP contribution in [0.3, 0.4) is 0 Å². The summed E-state index contributed by atoms with van der Waals surface area (Å²) in [5.41, 5.74) is 1.06. The lowest BCUT2D eigenvalue weighted by Crippen LogP contribution is -2.48. The highest BCUT2D eigenvalue weighted by atomic mass is 16.5. The first-order valence-corrected chi connectivity index (χ1v) is 8.38. The fraction of sp³-hybridized carbons (Fsp3) is 0.444. The first kappa shape index (κ1) is 16.5. The Labute approximate surface area is 142 Å². The molecule has 24 heavy (non-hydrogen) atoms. The maximum Gasteiger partial charge on any atom is 0.223 e. The smallest absolute Gasteiger partial charge is 0.223 e. The van der Waals surface area contributed by atoms with Crippen LogP contribution in [0.4, 0.5) is 0 Å². The lowest BCUT2D eigenvalue weighted by molar-refractivity contribution is -0.134. The number of aromatic nitrogens is 2. The Morgan fingerprint density at radius 3 is 3.08 bits per heavy atom. The maximum atomic E-state index is 12.7. The summed E-state index contributed by atoms with van der Waals surface area (Å²) in [6.07, 6.45) is 6.83. The van der Waals surface area contributed by atoms with Gasteiger partial charge in [-0.05, 0) is 12.5 Å². The van der Waals surface area contributed by atoms with Gasteiger partial charge in [0.2, 0.25) is 5.91 Å². The van der Waals surface area contributed by atoms with E-state index >= 15 is 0 Å². The van der Waals surface area contributed by atoms with Crippen LogP contribution in [-0.4, -0.2) is 47.1 Å². The first-order chi connectivity index (χ1) is 11.8. The molecule has 6 heteroatoms. The predicted molar refractivity (Wildman–Crippen MR) is 91.8 cm³/mol. The van der Waals surface area contributed by atoms with Crippen LogP contribution in [0.2, 0.25) is 0 Å². The van der Waals surface area contributed by atoms with Crippen molar-refractivity contribution in [1.29, 1.82) is 0 Å². The number of ether oxygens (including phenoxy) is 1. The van der Waals surface area contributed by atoms with Gasteiger partial charge in [-0.25, -0.2) is 4.98 Å². The Balaban J connectivity index is 1.66. The predicted octanol–water partition coefficient (Wildman–Crippen LogP) is 1.84. The molecule has 1 atom stereocenters. The molecule has 1 aromatic heterocycles. The Hall–Kier alpha value is -2.34. The van der Waals surface area contributed by atoms with Gasteiger partial charge in [0, 0.05) is 50.6 Å². The lowest BCUT2D eigenvalue weighted by Gasteiger charge is -2.37. The molecule has 1 N–H and O–H groups in total. The number of methoxy groups -OCH3 is 1. The highest BCUT2D eigenvalue weighted by Gasteiger charge is 2.29. The summed E-state index contributed by atoms with van der Waals surface area (Å²) in [7, 11) is 1.67. The molecule has 1 saturated heterocycles. The Bertz CT molecular complexity index is 657. The highest BCUT2D eigenvalue weighted by Crippen LogP contribution is 2.30. The van der Waals surface area contributed by atoms with Crippen LogP contribution < -0.4 is 10.1 Å². The van der Waals surface area contributed by atoms with Gasteiger partial charge in [-0.15, -0.1) is 0 Å². The molecule has 2 heterocycles. The standard InChI is InChI=1S/C18H24N4O2/c1-24-17-6-3-2-5-15(17)16-13-19-9-12-22(16)18(23)7-4-10-21-11-8-20-14-21/h2-3,5-6,8,11,14,16,19H,4,7,9-10,12-13H2,1H3/t16-/m0/s1. The quantitative estimate of drug-likeness (QED) is 0.879. The van der Waals surface area contributed by atoms with E-state index in [1.807, 2.05) is 39.9 Å². The fourth-order valence-electron chi connectivity index (χ4n) is 3.20. The van der Waals surface area contributed by atoms with Crippen molar-refractivity contribution in [3.05, 3.63) is 48.5 Å². The number of para-hydroxylation sites is 1. The van der Waals surface area contributed by atoms with Gasteiger partial charge in [-0.3, -0.25) is 4.79 Å². The van der Waals surface area contributed by atoms with Crippen LogP contribution >= 0.6 is 0 Å². The number of carbonyl (C=O) groups is 1. The molecular formula is C18H24N4O2. The van der Waals surface area contributed by atoms with Crippen molar-refractivity contribution in [1.82, 2.24) is 19.8 Å². The lowest BCUT2D eigenvalue weighted by atomic mass is 10.0. The molecule has 0 aliphatic carbocycles. The van der Waals surface area contributed by atoms with Crippen LogP contribution in [0, 0.1) is 0 Å². The number of imidazole rings is 1. The molecule has 1 amide bonds. The zero-order valence-electron chi connectivity index (χ0n) is 14.0. The summed E-state index contributed by atoms with van der Waals surface area (Å²) in [5, 5.41) is 3.39. The van der Waals surface area contributed by atoms with Crippen LogP contribution in [-0.2, 0) is 11.3 Å². The first-order valence-electron chi connectivity index (χ1n) is 8.38. The maximum absolute atomic E-state index is 12.7. The van der Waals surface area contributed by atoms with Gasteiger partial charge in [0.15, 0.2) is 0 Å². The van der Waals surface area contributed by atoms with Crippen molar-refractivity contribution in [2.75, 3.05) is 26.7 Å². The molecule has 1 aliphatic heterocycles. The van der Waals surface area contributed by atoms with E-state index in [1.54, 1.807) is 19.6 Å². The van der Waals surface area contributed by atoms with Gasteiger partial charge in [-0.2, -0.15) is 0 Å². The minimum atomic E-state index is 0.0237. The van der Waals surface area contributed by atoms with Gasteiger partial charge in [-0.1, -0.05) is 18.2 Å². The second-order valence-electron chi connectivity index (χ2n) is 5.95. The van der Waals surface area contributed by atoms with Crippen molar-refractivity contribution in [2.45, 2.75) is 25.4 Å². The van der Waals surface area contributed by atoms with E-state index < -0.39 is 0 Å². The molecular weight excluding hydrogens is 304 g/mol. The van der Waals surface area contributed by atoms with Gasteiger partial charge in [0.25, 0.3) is 0 Å². The Morgan fingerprint density at radius 1 is 1.42 bits per heavy atom. The third-order valence-electron chi connectivity index (χ3n) is 4.43. The number of hydrogen-bond donors (Lipinski definition) is 1. The number of nitrogens with one attached hydrogen (secondary N) is 1. The minimum absolute atomic E-state index is 0.0237. The normalized spacial score (nSPS) is 17.7. The van der Waals surface area contributed by atoms with Crippen molar-refractivity contribution in [3.8, 4) is 5.75 Å². The third-order valence-corrected chi connectivity index (χ3v) is 4.43. The summed E-state index contributed by atoms with van der Waals surface area (Å²) in [5.74, 6) is 1.04. The second-order valence-corrected chi connectivity index (χ2v) is 5.95. The average Bonchev–Trinajstić information content (AvgIpc) is 3.15. The number of nitrogens with zero attached hydrogens (tertiary/aromatic N) is 3. The van der Waals surface area contributed by atoms with Crippen LogP contribution in [0.25, 0.3) is 0 Å². The van der Waals surface area contributed by atoms with Crippen LogP contribution in [0.5, 0.6) is 5.75 Å². The monoisotopic (exact) mass is 328 g/mol. The summed E-state index contributed by atoms with van der Waals surface area (Å²) in [4.78, 5) is 18.8. The van der Waals surface area contributed by atoms with E-state index in [-0.39, 0.29) is 11.9 Å². The zero-order valence-corrected chi connectivity index (χ0v) is 14.0. The number of amides is 1. The Morgan fingerprint density at radius 2 is 2.29 bits per heavy atom. The second kappa shape index (κ2) is 7.97. The molecule has 1 fully saturated rings. The molecule has 0 bridgehead atoms. The van der Waals surface area contributed by atoms with E-state index in [2.05, 4.69) is 10.3 Å². The van der Waals surface area contributed by atoms with Gasteiger partial charge in [0.1, 0.15) is 5.75 Å². The van der Waals surface area contributed by atoms with Crippen molar-refractivity contribution >= 4 is 5.91 Å². The van der Waals surface area contributed by atoms with Crippen molar-refractivity contribution < 1.29 is 9.53 Å². The number of carbonyl (C=O) groups excluding carboxylic acids is 1. The van der Waals surface area contributed by atoms with E-state index in [0.29, 0.717) is 6.42 Å². The average molecular weight is 328 g/mol. The topological polar surface area (TPSA) is 59.4 Å². The van der Waals surface area contributed by atoms with Crippen LogP contribution in [0.15, 0.2) is 43.0 Å². The van der Waals surface area contributed by atoms with Gasteiger partial charge in [0.05, 0.1) is 19.5 Å². The highest BCUT2D eigenvalue weighted by molar-refractivity contribution is 5.77. The molecule has 0 unspecified atom stereocenters. The Kier molecular flexibility index (Phi) is 5.48. The molecule has 2 aromatic rings. The summed E-state index contributed by atoms with van der Waals surface area (Å²) >= 11 is 0. The van der Waals surface area contributed by atoms with E-state index in [1.165, 1.54) is 0 Å². The largest absolute Gasteiger partial charge is 0.496 e. The minimum Gasteiger partial charge on any atom is -0.496 e. The van der Waals surface area contributed by atoms with Gasteiger partial charge < -0.3 is 19.5 Å². The molecule has 6 nitrogen and oxygen atoms in total. The van der Waals surface area contributed by atoms with E-state index in [9.17, 15) is 4.79 Å². The number of rotatable bonds is 6. The van der Waals surface area contributed by atoms with E-state index in [4.69, 9.17) is 4.74 Å². The van der Waals surface area contributed by atoms with E-state index in [0.717, 1.165) is 43.9 Å². The molecule has 128 valence electrons. The number of piperazine rings is 1. The number of hydrogen-bond acceptors (Lipinski definition) is 4. The molecule has 3 rings (SSSR count). The number of aryl methyl sites for hydroxylation is 1. The summed E-state index contributed by atoms with van der Waals surface area (Å²) in [6.45, 7) is 3.14. The molecule has 1 aliphatic rings. The van der Waals surface area contributed by atoms with Crippen LogP contribution in [0.1, 0.15) is 24.4 Å². The summed E-state index contributed by atoms with van der Waals surface area (Å²) < 4.78 is 7.48. The number of benzene rings is 1. The molecule has 0 radical (unpaired) electrons. The van der Waals surface area contributed by atoms with Crippen molar-refractivity contribution in [3.63, 3.8) is 0 Å².